The number of benzene rings is 2. The first-order valence-electron chi connectivity index (χ1n) is 16.3. The van der Waals surface area contributed by atoms with Gasteiger partial charge < -0.3 is 30.5 Å². The Balaban J connectivity index is 1.31. The second-order valence-electron chi connectivity index (χ2n) is 12.3. The second-order valence-corrected chi connectivity index (χ2v) is 13.2. The van der Waals surface area contributed by atoms with Gasteiger partial charge in [-0.15, -0.1) is 11.3 Å². The molecule has 13 heteroatoms. The number of nitrogens with two attached hydrogens (primary N) is 1. The number of piperazine rings is 1. The van der Waals surface area contributed by atoms with Crippen LogP contribution < -0.4 is 15.8 Å². The summed E-state index contributed by atoms with van der Waals surface area (Å²) in [7, 11) is 1.58. The van der Waals surface area contributed by atoms with Gasteiger partial charge in [0, 0.05) is 37.6 Å². The molecule has 5 rings (SSSR count). The summed E-state index contributed by atoms with van der Waals surface area (Å²) in [4.78, 5) is 63.7. The number of guanidine groups is 1. The van der Waals surface area contributed by atoms with Crippen LogP contribution in [-0.2, 0) is 27.2 Å². The van der Waals surface area contributed by atoms with Gasteiger partial charge in [-0.1, -0.05) is 42.5 Å². The number of likely N-dealkylation sites (tertiary alicyclic amines) is 1. The van der Waals surface area contributed by atoms with E-state index in [0.29, 0.717) is 38.2 Å². The zero-order chi connectivity index (χ0) is 34.0. The maximum absolute atomic E-state index is 13.9. The molecule has 1 aromatic heterocycles. The first-order chi connectivity index (χ1) is 23.2. The molecule has 0 radical (unpaired) electrons. The van der Waals surface area contributed by atoms with E-state index in [1.165, 1.54) is 16.2 Å². The summed E-state index contributed by atoms with van der Waals surface area (Å²) in [5, 5.41) is 12.7. The van der Waals surface area contributed by atoms with Gasteiger partial charge >= 0.3 is 0 Å². The maximum atomic E-state index is 13.9. The molecule has 2 aliphatic heterocycles. The molecule has 3 amide bonds. The monoisotopic (exact) mass is 673 g/mol. The number of rotatable bonds is 14. The highest BCUT2D eigenvalue weighted by Crippen LogP contribution is 2.24. The lowest BCUT2D eigenvalue weighted by Crippen LogP contribution is -2.62. The fraction of sp³-hybridized carbons (Fsp3) is 0.429. The van der Waals surface area contributed by atoms with E-state index in [-0.39, 0.29) is 54.0 Å². The summed E-state index contributed by atoms with van der Waals surface area (Å²) in [5.74, 6) is -0.701. The summed E-state index contributed by atoms with van der Waals surface area (Å²) in [6, 6.07) is 15.5. The minimum Gasteiger partial charge on any atom is -0.497 e. The topological polar surface area (TPSA) is 162 Å². The van der Waals surface area contributed by atoms with Gasteiger partial charge in [0.05, 0.1) is 19.7 Å². The minimum absolute atomic E-state index is 0.0160. The Labute approximate surface area is 284 Å². The smallest absolute Gasteiger partial charge is 0.246 e. The highest BCUT2D eigenvalue weighted by molar-refractivity contribution is 7.11. The highest BCUT2D eigenvalue weighted by atomic mass is 32.1. The van der Waals surface area contributed by atoms with Crippen molar-refractivity contribution in [2.24, 2.45) is 11.7 Å². The molecular formula is C35H43N7O5S. The molecule has 2 aliphatic rings. The fourth-order valence-corrected chi connectivity index (χ4v) is 7.10. The van der Waals surface area contributed by atoms with Crippen LogP contribution in [0.25, 0.3) is 0 Å². The van der Waals surface area contributed by atoms with E-state index in [1.807, 2.05) is 42.5 Å². The van der Waals surface area contributed by atoms with Crippen LogP contribution >= 0.6 is 11.3 Å². The Kier molecular flexibility index (Phi) is 11.8. The number of nitrogens with zero attached hydrogens (tertiary/aromatic N) is 4. The van der Waals surface area contributed by atoms with Gasteiger partial charge in [0.2, 0.25) is 23.5 Å². The number of aryl methyl sites for hydroxylation is 1. The predicted octanol–water partition coefficient (Wildman–Crippen LogP) is 2.73. The molecule has 12 nitrogen and oxygen atoms in total. The van der Waals surface area contributed by atoms with Crippen LogP contribution in [0.5, 0.6) is 5.75 Å². The molecule has 48 heavy (non-hydrogen) atoms. The lowest BCUT2D eigenvalue weighted by atomic mass is 9.90. The number of hydrogen-bond acceptors (Lipinski definition) is 8. The largest absolute Gasteiger partial charge is 0.497 e. The molecule has 3 heterocycles. The molecule has 0 saturated carbocycles. The summed E-state index contributed by atoms with van der Waals surface area (Å²) in [6.07, 6.45) is 5.21. The van der Waals surface area contributed by atoms with Crippen LogP contribution in [0.2, 0.25) is 0 Å². The number of aromatic nitrogens is 1. The molecule has 0 bridgehead atoms. The van der Waals surface area contributed by atoms with Crippen LogP contribution in [0.1, 0.15) is 46.6 Å². The number of hydrogen-bond donors (Lipinski definition) is 3. The van der Waals surface area contributed by atoms with Gasteiger partial charge in [0.25, 0.3) is 0 Å². The molecule has 3 atom stereocenters. The highest BCUT2D eigenvalue weighted by Gasteiger charge is 2.40. The van der Waals surface area contributed by atoms with Gasteiger partial charge in [-0.25, -0.2) is 4.98 Å². The van der Waals surface area contributed by atoms with Crippen LogP contribution in [0, 0.1) is 11.3 Å². The lowest BCUT2D eigenvalue weighted by molar-refractivity contribution is -0.157. The van der Waals surface area contributed by atoms with Gasteiger partial charge in [-0.2, -0.15) is 0 Å². The zero-order valence-electron chi connectivity index (χ0n) is 27.2. The van der Waals surface area contributed by atoms with Crippen LogP contribution in [0.3, 0.4) is 0 Å². The normalized spacial score (nSPS) is 18.8. The zero-order valence-corrected chi connectivity index (χ0v) is 28.0. The number of carbonyl (C=O) groups excluding carboxylic acids is 4. The fourth-order valence-electron chi connectivity index (χ4n) is 6.47. The number of methoxy groups -OCH3 is 1. The number of amides is 3. The van der Waals surface area contributed by atoms with Crippen molar-refractivity contribution >= 4 is 40.8 Å². The average molecular weight is 674 g/mol. The van der Waals surface area contributed by atoms with Crippen molar-refractivity contribution in [3.63, 3.8) is 0 Å². The van der Waals surface area contributed by atoms with Crippen molar-refractivity contribution in [2.75, 3.05) is 39.8 Å². The average Bonchev–Trinajstić information content (AvgIpc) is 3.64. The first-order valence-corrected chi connectivity index (χ1v) is 17.2. The van der Waals surface area contributed by atoms with Gasteiger partial charge in [0.1, 0.15) is 18.3 Å². The van der Waals surface area contributed by atoms with Crippen molar-refractivity contribution in [2.45, 2.75) is 50.6 Å². The molecule has 2 aromatic carbocycles. The van der Waals surface area contributed by atoms with Gasteiger partial charge in [0.15, 0.2) is 11.0 Å². The maximum Gasteiger partial charge on any atom is 0.246 e. The molecule has 2 saturated heterocycles. The van der Waals surface area contributed by atoms with Crippen molar-refractivity contribution in [1.82, 2.24) is 25.0 Å². The Hall–Kier alpha value is -4.78. The van der Waals surface area contributed by atoms with Gasteiger partial charge in [-0.3, -0.25) is 24.6 Å². The van der Waals surface area contributed by atoms with E-state index in [2.05, 4.69) is 10.3 Å². The van der Waals surface area contributed by atoms with Crippen molar-refractivity contribution < 1.29 is 23.9 Å². The molecule has 0 unspecified atom stereocenters. The summed E-state index contributed by atoms with van der Waals surface area (Å²) >= 11 is 1.20. The quantitative estimate of drug-likeness (QED) is 0.134. The van der Waals surface area contributed by atoms with Crippen molar-refractivity contribution in [3.05, 3.63) is 82.3 Å². The second kappa shape index (κ2) is 16.4. The van der Waals surface area contributed by atoms with E-state index < -0.39 is 18.0 Å². The molecule has 4 N–H and O–H groups in total. The predicted molar refractivity (Wildman–Crippen MR) is 183 cm³/mol. The molecule has 254 valence electrons. The molecule has 3 aromatic rings. The number of ketones is 1. The SMILES string of the molecule is COc1ccc(C[C@H]2C(=O)N(CCCc3ccccc3)CC(=O)N2CC(=O)N[C@@H](C[C@@H]2CCCN(C(=N)N)C2)C(=O)c2nccs2)cc1. The summed E-state index contributed by atoms with van der Waals surface area (Å²) in [6.45, 7) is 1.12. The molecule has 2 fully saturated rings. The standard InChI is InChI=1S/C35H43N7O5S/c1-47-27-13-11-25(12-14-27)20-29-34(46)40(16-5-9-24-7-3-2-4-8-24)23-31(44)42(29)22-30(43)39-28(32(45)33-38-15-18-48-33)19-26-10-6-17-41(21-26)35(36)37/h2-4,7-8,11-15,18,26,28-29H,5-6,9-10,16-17,19-23H2,1H3,(H3,36,37)(H,39,43)/t26-,28-,29-/m0/s1. The summed E-state index contributed by atoms with van der Waals surface area (Å²) < 4.78 is 5.28. The van der Waals surface area contributed by atoms with Crippen LogP contribution in [0.15, 0.2) is 66.2 Å². The Morgan fingerprint density at radius 1 is 1.12 bits per heavy atom. The van der Waals surface area contributed by atoms with Crippen LogP contribution in [-0.4, -0.2) is 101 Å². The number of ether oxygens (including phenoxy) is 1. The van der Waals surface area contributed by atoms with E-state index in [4.69, 9.17) is 15.9 Å². The number of piperidine rings is 1. The van der Waals surface area contributed by atoms with E-state index >= 15 is 0 Å². The number of nitrogens with one attached hydrogen (secondary N) is 2. The van der Waals surface area contributed by atoms with Crippen LogP contribution in [0.4, 0.5) is 0 Å². The Bertz CT molecular complexity index is 1570. The minimum atomic E-state index is -0.891. The molecule has 0 aliphatic carbocycles. The number of Topliss-reactive ketones (excluding diaryl/α,β-unsaturated/α-hetero) is 1. The first kappa shape index (κ1) is 34.6. The third-order valence-corrected chi connectivity index (χ3v) is 9.77. The molecule has 0 spiro atoms. The van der Waals surface area contributed by atoms with E-state index in [0.717, 1.165) is 30.4 Å². The Morgan fingerprint density at radius 3 is 2.58 bits per heavy atom. The lowest BCUT2D eigenvalue weighted by Gasteiger charge is -2.40. The molecular weight excluding hydrogens is 630 g/mol. The van der Waals surface area contributed by atoms with E-state index in [9.17, 15) is 19.2 Å². The van der Waals surface area contributed by atoms with E-state index in [1.54, 1.807) is 40.6 Å². The third-order valence-electron chi connectivity index (χ3n) is 8.98. The van der Waals surface area contributed by atoms with Gasteiger partial charge in [-0.05, 0) is 61.3 Å². The Morgan fingerprint density at radius 2 is 1.90 bits per heavy atom. The number of carbonyl (C=O) groups is 4. The van der Waals surface area contributed by atoms with Crippen molar-refractivity contribution in [1.29, 1.82) is 5.41 Å². The van der Waals surface area contributed by atoms with Crippen molar-refractivity contribution in [3.8, 4) is 5.75 Å². The number of thiazole rings is 1. The summed E-state index contributed by atoms with van der Waals surface area (Å²) in [5.41, 5.74) is 7.72. The third kappa shape index (κ3) is 8.97.